The molecule has 25 heavy (non-hydrogen) atoms. The van der Waals surface area contributed by atoms with E-state index < -0.39 is 0 Å². The van der Waals surface area contributed by atoms with Crippen LogP contribution in [0.4, 0.5) is 0 Å². The van der Waals surface area contributed by atoms with E-state index in [0.29, 0.717) is 6.04 Å². The summed E-state index contributed by atoms with van der Waals surface area (Å²) in [5.41, 5.74) is 2.21. The van der Waals surface area contributed by atoms with Gasteiger partial charge in [0.1, 0.15) is 4.83 Å². The highest BCUT2D eigenvalue weighted by Gasteiger charge is 2.26. The summed E-state index contributed by atoms with van der Waals surface area (Å²) in [5.74, 6) is 0.180. The molecule has 1 aromatic carbocycles. The second kappa shape index (κ2) is 6.64. The molecule has 1 amide bonds. The zero-order valence-corrected chi connectivity index (χ0v) is 15.6. The van der Waals surface area contributed by atoms with Gasteiger partial charge in [-0.1, -0.05) is 30.3 Å². The average molecular weight is 353 g/mol. The third-order valence-electron chi connectivity index (χ3n) is 5.06. The fraction of sp³-hybridized carbons (Fsp3) is 0.400. The first-order valence-corrected chi connectivity index (χ1v) is 9.77. The standard InChI is InChI=1S/C20H23N3OS/c1-14-8-6-7-11-22(14)19(24)18-12-17-15(2)21-23(20(17)25-18)13-16-9-4-3-5-10-16/h3-5,9-10,12,14H,6-8,11,13H2,1-2H3. The zero-order valence-electron chi connectivity index (χ0n) is 14.7. The Hall–Kier alpha value is -2.14. The van der Waals surface area contributed by atoms with Crippen LogP contribution in [0.3, 0.4) is 0 Å². The van der Waals surface area contributed by atoms with Gasteiger partial charge in [0.05, 0.1) is 17.1 Å². The minimum absolute atomic E-state index is 0.180. The highest BCUT2D eigenvalue weighted by atomic mass is 32.1. The van der Waals surface area contributed by atoms with E-state index in [2.05, 4.69) is 24.2 Å². The van der Waals surface area contributed by atoms with Crippen LogP contribution in [0.15, 0.2) is 36.4 Å². The highest BCUT2D eigenvalue weighted by Crippen LogP contribution is 2.31. The third-order valence-corrected chi connectivity index (χ3v) is 6.19. The Kier molecular flexibility index (Phi) is 4.34. The fourth-order valence-electron chi connectivity index (χ4n) is 3.62. The molecule has 3 aromatic rings. The van der Waals surface area contributed by atoms with Crippen LogP contribution in [0.2, 0.25) is 0 Å². The van der Waals surface area contributed by atoms with Crippen LogP contribution in [0.25, 0.3) is 10.2 Å². The molecule has 0 saturated carbocycles. The number of carbonyl (C=O) groups is 1. The molecule has 4 rings (SSSR count). The molecule has 4 nitrogen and oxygen atoms in total. The molecule has 1 atom stereocenters. The van der Waals surface area contributed by atoms with Gasteiger partial charge in [0.15, 0.2) is 0 Å². The maximum atomic E-state index is 13.0. The summed E-state index contributed by atoms with van der Waals surface area (Å²) in [5, 5.41) is 5.78. The molecule has 2 aromatic heterocycles. The molecule has 0 bridgehead atoms. The normalized spacial score (nSPS) is 18.0. The Bertz CT molecular complexity index is 896. The first-order chi connectivity index (χ1) is 12.1. The number of likely N-dealkylation sites (tertiary alicyclic amines) is 1. The molecule has 1 aliphatic rings. The smallest absolute Gasteiger partial charge is 0.264 e. The molecule has 1 aliphatic heterocycles. The van der Waals surface area contributed by atoms with E-state index in [1.165, 1.54) is 12.0 Å². The second-order valence-electron chi connectivity index (χ2n) is 6.90. The van der Waals surface area contributed by atoms with Crippen LogP contribution in [0.1, 0.15) is 47.1 Å². The topological polar surface area (TPSA) is 38.1 Å². The maximum absolute atomic E-state index is 13.0. The zero-order chi connectivity index (χ0) is 17.4. The minimum Gasteiger partial charge on any atom is -0.335 e. The number of hydrogen-bond acceptors (Lipinski definition) is 3. The molecule has 0 radical (unpaired) electrons. The Morgan fingerprint density at radius 3 is 2.84 bits per heavy atom. The second-order valence-corrected chi connectivity index (χ2v) is 7.93. The van der Waals surface area contributed by atoms with E-state index >= 15 is 0 Å². The van der Waals surface area contributed by atoms with E-state index in [0.717, 1.165) is 46.7 Å². The SMILES string of the molecule is Cc1nn(Cc2ccccc2)c2sc(C(=O)N3CCCCC3C)cc12. The molecule has 3 heterocycles. The number of fused-ring (bicyclic) bond motifs is 1. The van der Waals surface area contributed by atoms with Crippen molar-refractivity contribution in [3.63, 3.8) is 0 Å². The first-order valence-electron chi connectivity index (χ1n) is 8.95. The van der Waals surface area contributed by atoms with E-state index in [9.17, 15) is 4.79 Å². The summed E-state index contributed by atoms with van der Waals surface area (Å²) in [7, 11) is 0. The molecule has 0 spiro atoms. The summed E-state index contributed by atoms with van der Waals surface area (Å²) in [4.78, 5) is 16.9. The number of benzene rings is 1. The molecular formula is C20H23N3OS. The quantitative estimate of drug-likeness (QED) is 0.697. The van der Waals surface area contributed by atoms with E-state index in [1.807, 2.05) is 40.8 Å². The summed E-state index contributed by atoms with van der Waals surface area (Å²) >= 11 is 1.58. The van der Waals surface area contributed by atoms with Crippen LogP contribution in [0, 0.1) is 6.92 Å². The van der Waals surface area contributed by atoms with Gasteiger partial charge in [0, 0.05) is 18.0 Å². The Labute approximate surface area is 152 Å². The Morgan fingerprint density at radius 2 is 2.08 bits per heavy atom. The first kappa shape index (κ1) is 16.3. The summed E-state index contributed by atoms with van der Waals surface area (Å²) < 4.78 is 2.03. The van der Waals surface area contributed by atoms with Crippen molar-refractivity contribution in [3.05, 3.63) is 52.5 Å². The molecule has 0 aliphatic carbocycles. The minimum atomic E-state index is 0.180. The molecule has 1 unspecified atom stereocenters. The Balaban J connectivity index is 1.66. The number of piperidine rings is 1. The van der Waals surface area contributed by atoms with Crippen molar-refractivity contribution in [1.82, 2.24) is 14.7 Å². The molecular weight excluding hydrogens is 330 g/mol. The predicted molar refractivity (Wildman–Crippen MR) is 102 cm³/mol. The van der Waals surface area contributed by atoms with Crippen LogP contribution in [-0.4, -0.2) is 33.2 Å². The lowest BCUT2D eigenvalue weighted by atomic mass is 10.0. The van der Waals surface area contributed by atoms with Gasteiger partial charge in [0.25, 0.3) is 5.91 Å². The number of rotatable bonds is 3. The molecule has 1 saturated heterocycles. The monoisotopic (exact) mass is 353 g/mol. The van der Waals surface area contributed by atoms with Crippen molar-refractivity contribution < 1.29 is 4.79 Å². The lowest BCUT2D eigenvalue weighted by Gasteiger charge is -2.33. The van der Waals surface area contributed by atoms with Gasteiger partial charge in [-0.05, 0) is 44.7 Å². The summed E-state index contributed by atoms with van der Waals surface area (Å²) in [6.45, 7) is 5.80. The van der Waals surface area contributed by atoms with Gasteiger partial charge >= 0.3 is 0 Å². The van der Waals surface area contributed by atoms with Crippen molar-refractivity contribution in [2.75, 3.05) is 6.54 Å². The van der Waals surface area contributed by atoms with Crippen LogP contribution in [0.5, 0.6) is 0 Å². The molecule has 5 heteroatoms. The van der Waals surface area contributed by atoms with Gasteiger partial charge in [-0.3, -0.25) is 9.48 Å². The largest absolute Gasteiger partial charge is 0.335 e. The number of amides is 1. The van der Waals surface area contributed by atoms with Gasteiger partial charge in [-0.2, -0.15) is 5.10 Å². The average Bonchev–Trinajstić information content (AvgIpc) is 3.18. The van der Waals surface area contributed by atoms with Crippen molar-refractivity contribution in [3.8, 4) is 0 Å². The number of thiophene rings is 1. The van der Waals surface area contributed by atoms with Crippen LogP contribution < -0.4 is 0 Å². The Morgan fingerprint density at radius 1 is 1.28 bits per heavy atom. The number of carbonyl (C=O) groups excluding carboxylic acids is 1. The number of hydrogen-bond donors (Lipinski definition) is 0. The fourth-order valence-corrected chi connectivity index (χ4v) is 4.74. The van der Waals surface area contributed by atoms with Crippen LogP contribution >= 0.6 is 11.3 Å². The lowest BCUT2D eigenvalue weighted by Crippen LogP contribution is -2.41. The van der Waals surface area contributed by atoms with Crippen molar-refractivity contribution in [2.45, 2.75) is 45.7 Å². The van der Waals surface area contributed by atoms with E-state index in [1.54, 1.807) is 11.3 Å². The molecule has 1 fully saturated rings. The number of nitrogens with zero attached hydrogens (tertiary/aromatic N) is 3. The molecule has 0 N–H and O–H groups in total. The summed E-state index contributed by atoms with van der Waals surface area (Å²) in [6, 6.07) is 12.7. The number of aromatic nitrogens is 2. The molecule has 130 valence electrons. The predicted octanol–water partition coefficient (Wildman–Crippen LogP) is 4.47. The van der Waals surface area contributed by atoms with E-state index in [4.69, 9.17) is 0 Å². The van der Waals surface area contributed by atoms with Gasteiger partial charge in [-0.15, -0.1) is 11.3 Å². The van der Waals surface area contributed by atoms with Gasteiger partial charge in [-0.25, -0.2) is 0 Å². The van der Waals surface area contributed by atoms with Crippen LogP contribution in [-0.2, 0) is 6.54 Å². The van der Waals surface area contributed by atoms with Gasteiger partial charge in [0.2, 0.25) is 0 Å². The van der Waals surface area contributed by atoms with Crippen molar-refractivity contribution in [1.29, 1.82) is 0 Å². The highest BCUT2D eigenvalue weighted by molar-refractivity contribution is 7.20. The summed E-state index contributed by atoms with van der Waals surface area (Å²) in [6.07, 6.45) is 3.45. The van der Waals surface area contributed by atoms with Gasteiger partial charge < -0.3 is 4.90 Å². The van der Waals surface area contributed by atoms with Crippen molar-refractivity contribution in [2.24, 2.45) is 0 Å². The third kappa shape index (κ3) is 3.09. The maximum Gasteiger partial charge on any atom is 0.264 e. The number of aryl methyl sites for hydroxylation is 1. The van der Waals surface area contributed by atoms with E-state index in [-0.39, 0.29) is 5.91 Å². The van der Waals surface area contributed by atoms with Crippen molar-refractivity contribution >= 4 is 27.5 Å². The lowest BCUT2D eigenvalue weighted by molar-refractivity contribution is 0.0641.